The number of anilines is 1. The molecule has 27 heavy (non-hydrogen) atoms. The lowest BCUT2D eigenvalue weighted by molar-refractivity contribution is 0.261. The predicted octanol–water partition coefficient (Wildman–Crippen LogP) is 3.71. The topological polar surface area (TPSA) is 91.0 Å². The van der Waals surface area contributed by atoms with E-state index in [0.29, 0.717) is 47.2 Å². The number of aliphatic imine (C=N–C) groups is 1. The molecule has 3 N–H and O–H groups in total. The maximum atomic E-state index is 6.22. The molecule has 1 aromatic carbocycles. The maximum Gasteiger partial charge on any atom is 0.232 e. The van der Waals surface area contributed by atoms with Gasteiger partial charge >= 0.3 is 0 Å². The Morgan fingerprint density at radius 3 is 2.67 bits per heavy atom. The third-order valence-corrected chi connectivity index (χ3v) is 3.79. The first-order valence-corrected chi connectivity index (χ1v) is 8.87. The van der Waals surface area contributed by atoms with Gasteiger partial charge in [0, 0.05) is 12.3 Å². The second-order valence-electron chi connectivity index (χ2n) is 6.23. The van der Waals surface area contributed by atoms with Crippen LogP contribution >= 0.6 is 11.6 Å². The number of ether oxygens (including phenoxy) is 3. The monoisotopic (exact) mass is 392 g/mol. The lowest BCUT2D eigenvalue weighted by atomic mass is 10.2. The fourth-order valence-electron chi connectivity index (χ4n) is 2.17. The minimum atomic E-state index is 0.234. The zero-order chi connectivity index (χ0) is 19.8. The van der Waals surface area contributed by atoms with Crippen LogP contribution in [0.4, 0.5) is 5.69 Å². The Morgan fingerprint density at radius 1 is 1.26 bits per heavy atom. The van der Waals surface area contributed by atoms with Crippen LogP contribution in [0.25, 0.3) is 0 Å². The van der Waals surface area contributed by atoms with Gasteiger partial charge in [-0.05, 0) is 29.7 Å². The second-order valence-corrected chi connectivity index (χ2v) is 6.64. The number of nitrogens with zero attached hydrogens (tertiary/aromatic N) is 2. The highest BCUT2D eigenvalue weighted by molar-refractivity contribution is 6.31. The van der Waals surface area contributed by atoms with Crippen molar-refractivity contribution in [2.24, 2.45) is 16.6 Å². The molecule has 1 heterocycles. The Bertz CT molecular complexity index is 797. The van der Waals surface area contributed by atoms with Crippen molar-refractivity contribution in [2.75, 3.05) is 26.1 Å². The fourth-order valence-corrected chi connectivity index (χ4v) is 2.41. The van der Waals surface area contributed by atoms with Crippen LogP contribution in [0.1, 0.15) is 19.4 Å². The van der Waals surface area contributed by atoms with Gasteiger partial charge in [0.05, 0.1) is 33.1 Å². The summed E-state index contributed by atoms with van der Waals surface area (Å²) >= 11 is 6.22. The summed E-state index contributed by atoms with van der Waals surface area (Å²) in [7, 11) is 3.17. The smallest absolute Gasteiger partial charge is 0.232 e. The molecule has 2 aromatic rings. The largest absolute Gasteiger partial charge is 0.497 e. The lowest BCUT2D eigenvalue weighted by Crippen LogP contribution is -2.23. The Kier molecular flexibility index (Phi) is 7.55. The average molecular weight is 393 g/mol. The van der Waals surface area contributed by atoms with Gasteiger partial charge < -0.3 is 25.3 Å². The van der Waals surface area contributed by atoms with Gasteiger partial charge in [-0.3, -0.25) is 0 Å². The number of methoxy groups -OCH3 is 2. The molecule has 2 rings (SSSR count). The Morgan fingerprint density at radius 2 is 2.04 bits per heavy atom. The molecule has 0 atom stereocenters. The second kappa shape index (κ2) is 9.87. The number of guanidine groups is 1. The predicted molar refractivity (Wildman–Crippen MR) is 108 cm³/mol. The molecule has 0 spiro atoms. The minimum Gasteiger partial charge on any atom is -0.497 e. The molecular weight excluding hydrogens is 368 g/mol. The highest BCUT2D eigenvalue weighted by Crippen LogP contribution is 2.28. The molecule has 8 heteroatoms. The quantitative estimate of drug-likeness (QED) is 0.525. The molecule has 0 saturated heterocycles. The summed E-state index contributed by atoms with van der Waals surface area (Å²) < 4.78 is 16.1. The zero-order valence-electron chi connectivity index (χ0n) is 16.0. The number of hydrogen-bond acceptors (Lipinski definition) is 5. The summed E-state index contributed by atoms with van der Waals surface area (Å²) in [5, 5.41) is 3.46. The van der Waals surface area contributed by atoms with Crippen molar-refractivity contribution in [3.8, 4) is 17.4 Å². The summed E-state index contributed by atoms with van der Waals surface area (Å²) in [6.07, 6.45) is 1.67. The molecule has 0 aliphatic heterocycles. The van der Waals surface area contributed by atoms with E-state index in [9.17, 15) is 0 Å². The number of pyridine rings is 1. The van der Waals surface area contributed by atoms with Gasteiger partial charge in [0.2, 0.25) is 5.88 Å². The number of benzene rings is 1. The van der Waals surface area contributed by atoms with E-state index in [-0.39, 0.29) is 5.96 Å². The zero-order valence-corrected chi connectivity index (χ0v) is 16.7. The molecule has 0 unspecified atom stereocenters. The number of rotatable bonds is 8. The van der Waals surface area contributed by atoms with Gasteiger partial charge in [-0.25, -0.2) is 9.98 Å². The third kappa shape index (κ3) is 6.21. The van der Waals surface area contributed by atoms with Crippen LogP contribution in [0, 0.1) is 5.92 Å². The third-order valence-electron chi connectivity index (χ3n) is 3.52. The maximum absolute atomic E-state index is 6.22. The van der Waals surface area contributed by atoms with E-state index in [0.717, 1.165) is 5.56 Å². The van der Waals surface area contributed by atoms with Crippen molar-refractivity contribution in [3.63, 3.8) is 0 Å². The van der Waals surface area contributed by atoms with Crippen molar-refractivity contribution in [1.82, 2.24) is 4.98 Å². The van der Waals surface area contributed by atoms with Crippen LogP contribution in [0.2, 0.25) is 5.02 Å². The van der Waals surface area contributed by atoms with Crippen molar-refractivity contribution >= 4 is 23.2 Å². The van der Waals surface area contributed by atoms with E-state index in [1.54, 1.807) is 44.7 Å². The van der Waals surface area contributed by atoms with Crippen molar-refractivity contribution in [3.05, 3.63) is 41.0 Å². The van der Waals surface area contributed by atoms with Gasteiger partial charge in [-0.15, -0.1) is 0 Å². The van der Waals surface area contributed by atoms with Crippen molar-refractivity contribution < 1.29 is 14.2 Å². The van der Waals surface area contributed by atoms with Gasteiger partial charge in [0.15, 0.2) is 5.96 Å². The summed E-state index contributed by atoms with van der Waals surface area (Å²) in [6.45, 7) is 5.00. The SMILES string of the molecule is COc1ccc(OC)c(NC(N)=NCc2cnc(OCC(C)C)c(Cl)c2)c1. The molecule has 7 nitrogen and oxygen atoms in total. The van der Waals surface area contributed by atoms with Gasteiger partial charge in [0.1, 0.15) is 16.5 Å². The molecule has 1 aromatic heterocycles. The van der Waals surface area contributed by atoms with E-state index >= 15 is 0 Å². The first kappa shape index (κ1) is 20.6. The lowest BCUT2D eigenvalue weighted by Gasteiger charge is -2.12. The average Bonchev–Trinajstić information content (AvgIpc) is 2.65. The number of nitrogens with one attached hydrogen (secondary N) is 1. The fraction of sp³-hybridized carbons (Fsp3) is 0.368. The molecule has 146 valence electrons. The number of aromatic nitrogens is 1. The van der Waals surface area contributed by atoms with E-state index in [1.165, 1.54) is 0 Å². The Labute approximate surface area is 164 Å². The molecule has 0 saturated carbocycles. The summed E-state index contributed by atoms with van der Waals surface area (Å²) in [5.74, 6) is 2.36. The summed E-state index contributed by atoms with van der Waals surface area (Å²) in [4.78, 5) is 8.55. The van der Waals surface area contributed by atoms with Crippen LogP contribution in [0.5, 0.6) is 17.4 Å². The van der Waals surface area contributed by atoms with Crippen molar-refractivity contribution in [2.45, 2.75) is 20.4 Å². The van der Waals surface area contributed by atoms with Gasteiger partial charge in [-0.1, -0.05) is 25.4 Å². The molecule has 0 aliphatic rings. The number of nitrogens with two attached hydrogens (primary N) is 1. The first-order valence-electron chi connectivity index (χ1n) is 8.49. The van der Waals surface area contributed by atoms with Crippen LogP contribution in [0.3, 0.4) is 0 Å². The standard InChI is InChI=1S/C19H25ClN4O3/c1-12(2)11-27-18-15(20)7-13(9-22-18)10-23-19(21)24-16-8-14(25-3)5-6-17(16)26-4/h5-9,12H,10-11H2,1-4H3,(H3,21,23,24). The molecule has 0 amide bonds. The molecule has 0 radical (unpaired) electrons. The van der Waals surface area contributed by atoms with Gasteiger partial charge in [-0.2, -0.15) is 0 Å². The summed E-state index contributed by atoms with van der Waals surface area (Å²) in [6, 6.07) is 7.13. The Hall–Kier alpha value is -2.67. The first-order chi connectivity index (χ1) is 12.9. The van der Waals surface area contributed by atoms with Crippen LogP contribution in [-0.2, 0) is 6.54 Å². The number of hydrogen-bond donors (Lipinski definition) is 2. The number of halogens is 1. The van der Waals surface area contributed by atoms with Crippen LogP contribution in [0.15, 0.2) is 35.5 Å². The van der Waals surface area contributed by atoms with E-state index in [2.05, 4.69) is 29.1 Å². The van der Waals surface area contributed by atoms with E-state index < -0.39 is 0 Å². The van der Waals surface area contributed by atoms with Crippen LogP contribution in [-0.4, -0.2) is 31.8 Å². The minimum absolute atomic E-state index is 0.234. The normalized spacial score (nSPS) is 11.4. The van der Waals surface area contributed by atoms with Crippen LogP contribution < -0.4 is 25.3 Å². The highest BCUT2D eigenvalue weighted by atomic mass is 35.5. The molecule has 0 aliphatic carbocycles. The summed E-state index contributed by atoms with van der Waals surface area (Å²) in [5.41, 5.74) is 7.46. The molecule has 0 fully saturated rings. The van der Waals surface area contributed by atoms with Gasteiger partial charge in [0.25, 0.3) is 0 Å². The van der Waals surface area contributed by atoms with E-state index in [4.69, 9.17) is 31.5 Å². The Balaban J connectivity index is 2.04. The highest BCUT2D eigenvalue weighted by Gasteiger charge is 2.08. The van der Waals surface area contributed by atoms with E-state index in [1.807, 2.05) is 0 Å². The van der Waals surface area contributed by atoms with Crippen molar-refractivity contribution in [1.29, 1.82) is 0 Å². The molecular formula is C19H25ClN4O3. The molecule has 0 bridgehead atoms.